The maximum Gasteiger partial charge on any atom is 0.123 e. The Balaban J connectivity index is 2.36. The third-order valence-corrected chi connectivity index (χ3v) is 2.00. The fraction of sp³-hybridized carbons (Fsp3) is 0.333. The first kappa shape index (κ1) is 7.55. The number of benzene rings is 1. The Morgan fingerprint density at radius 2 is 2.17 bits per heavy atom. The second-order valence-electron chi connectivity index (χ2n) is 2.91. The largest absolute Gasteiger partial charge is 0.384 e. The van der Waals surface area contributed by atoms with Gasteiger partial charge in [0.2, 0.25) is 0 Å². The molecule has 0 saturated heterocycles. The second kappa shape index (κ2) is 3.11. The third kappa shape index (κ3) is 1.41. The molecule has 64 valence electrons. The van der Waals surface area contributed by atoms with E-state index in [2.05, 4.69) is 10.6 Å². The van der Waals surface area contributed by atoms with Crippen molar-refractivity contribution in [2.75, 3.05) is 18.4 Å². The summed E-state index contributed by atoms with van der Waals surface area (Å²) < 4.78 is 12.8. The third-order valence-electron chi connectivity index (χ3n) is 2.00. The van der Waals surface area contributed by atoms with Crippen molar-refractivity contribution in [2.24, 2.45) is 0 Å². The van der Waals surface area contributed by atoms with Crippen molar-refractivity contribution in [1.29, 1.82) is 0 Å². The van der Waals surface area contributed by atoms with Crippen LogP contribution in [0.4, 0.5) is 10.1 Å². The Morgan fingerprint density at radius 1 is 1.25 bits per heavy atom. The van der Waals surface area contributed by atoms with Crippen LogP contribution in [0.2, 0.25) is 0 Å². The van der Waals surface area contributed by atoms with Gasteiger partial charge in [-0.1, -0.05) is 0 Å². The summed E-state index contributed by atoms with van der Waals surface area (Å²) in [4.78, 5) is 0. The Morgan fingerprint density at radius 3 is 3.08 bits per heavy atom. The molecule has 0 fully saturated rings. The van der Waals surface area contributed by atoms with E-state index in [1.54, 1.807) is 12.1 Å². The quantitative estimate of drug-likeness (QED) is 0.607. The van der Waals surface area contributed by atoms with Gasteiger partial charge in [0.25, 0.3) is 0 Å². The first-order chi connectivity index (χ1) is 5.86. The van der Waals surface area contributed by atoms with Gasteiger partial charge < -0.3 is 10.6 Å². The molecule has 1 aliphatic heterocycles. The van der Waals surface area contributed by atoms with Gasteiger partial charge in [-0.25, -0.2) is 4.39 Å². The molecule has 1 aromatic rings. The maximum atomic E-state index is 12.8. The number of hydrogen-bond donors (Lipinski definition) is 2. The highest BCUT2D eigenvalue weighted by molar-refractivity contribution is 5.51. The van der Waals surface area contributed by atoms with E-state index in [0.717, 1.165) is 30.9 Å². The van der Waals surface area contributed by atoms with Crippen LogP contribution in [0.5, 0.6) is 0 Å². The van der Waals surface area contributed by atoms with Gasteiger partial charge in [0.15, 0.2) is 0 Å². The molecule has 2 N–H and O–H groups in total. The van der Waals surface area contributed by atoms with Gasteiger partial charge in [0.05, 0.1) is 0 Å². The molecule has 3 heteroatoms. The summed E-state index contributed by atoms with van der Waals surface area (Å²) in [6, 6.07) is 4.84. The zero-order valence-corrected chi connectivity index (χ0v) is 6.73. The number of fused-ring (bicyclic) bond motifs is 1. The predicted molar refractivity (Wildman–Crippen MR) is 46.6 cm³/mol. The number of halogens is 1. The molecule has 0 saturated carbocycles. The molecule has 0 aliphatic carbocycles. The summed E-state index contributed by atoms with van der Waals surface area (Å²) in [5.41, 5.74) is 2.05. The normalized spacial score (nSPS) is 16.1. The van der Waals surface area contributed by atoms with Crippen LogP contribution < -0.4 is 10.6 Å². The van der Waals surface area contributed by atoms with Crippen molar-refractivity contribution < 1.29 is 4.39 Å². The van der Waals surface area contributed by atoms with Crippen molar-refractivity contribution in [2.45, 2.75) is 6.54 Å². The van der Waals surface area contributed by atoms with Crippen LogP contribution in [0.3, 0.4) is 0 Å². The number of rotatable bonds is 0. The van der Waals surface area contributed by atoms with E-state index >= 15 is 0 Å². The standard InChI is InChI=1S/C9H11FN2/c10-8-1-2-9-7(5-8)6-11-3-4-12-9/h1-2,5,11-12H,3-4,6H2. The number of anilines is 1. The van der Waals surface area contributed by atoms with E-state index in [0.29, 0.717) is 0 Å². The van der Waals surface area contributed by atoms with Gasteiger partial charge >= 0.3 is 0 Å². The van der Waals surface area contributed by atoms with E-state index in [1.807, 2.05) is 0 Å². The van der Waals surface area contributed by atoms with Crippen LogP contribution >= 0.6 is 0 Å². The van der Waals surface area contributed by atoms with E-state index in [1.165, 1.54) is 6.07 Å². The Bertz CT molecular complexity index is 286. The van der Waals surface area contributed by atoms with Gasteiger partial charge in [-0.3, -0.25) is 0 Å². The minimum Gasteiger partial charge on any atom is -0.384 e. The lowest BCUT2D eigenvalue weighted by atomic mass is 10.2. The summed E-state index contributed by atoms with van der Waals surface area (Å²) >= 11 is 0. The summed E-state index contributed by atoms with van der Waals surface area (Å²) in [5, 5.41) is 6.42. The van der Waals surface area contributed by atoms with Crippen LogP contribution in [-0.4, -0.2) is 13.1 Å². The monoisotopic (exact) mass is 166 g/mol. The topological polar surface area (TPSA) is 24.1 Å². The summed E-state index contributed by atoms with van der Waals surface area (Å²) in [6.45, 7) is 2.58. The SMILES string of the molecule is Fc1ccc2c(c1)CNCCN2. The first-order valence-electron chi connectivity index (χ1n) is 4.09. The van der Waals surface area contributed by atoms with Crippen LogP contribution in [0.1, 0.15) is 5.56 Å². The average molecular weight is 166 g/mol. The molecule has 0 amide bonds. The molecule has 0 aromatic heterocycles. The van der Waals surface area contributed by atoms with Crippen LogP contribution in [-0.2, 0) is 6.54 Å². The number of hydrogen-bond acceptors (Lipinski definition) is 2. The van der Waals surface area contributed by atoms with Crippen molar-refractivity contribution >= 4 is 5.69 Å². The van der Waals surface area contributed by atoms with E-state index in [9.17, 15) is 4.39 Å². The van der Waals surface area contributed by atoms with Crippen molar-refractivity contribution in [1.82, 2.24) is 5.32 Å². The van der Waals surface area contributed by atoms with Gasteiger partial charge in [0, 0.05) is 25.3 Å². The molecule has 0 unspecified atom stereocenters. The lowest BCUT2D eigenvalue weighted by Gasteiger charge is -2.05. The highest BCUT2D eigenvalue weighted by atomic mass is 19.1. The van der Waals surface area contributed by atoms with Crippen LogP contribution in [0.15, 0.2) is 18.2 Å². The fourth-order valence-electron chi connectivity index (χ4n) is 1.39. The zero-order chi connectivity index (χ0) is 8.39. The minimum absolute atomic E-state index is 0.167. The molecule has 0 bridgehead atoms. The maximum absolute atomic E-state index is 12.8. The Kier molecular flexibility index (Phi) is 1.96. The highest BCUT2D eigenvalue weighted by Gasteiger charge is 2.06. The Labute approximate surface area is 70.8 Å². The summed E-state index contributed by atoms with van der Waals surface area (Å²) in [5.74, 6) is -0.167. The van der Waals surface area contributed by atoms with Crippen LogP contribution in [0, 0.1) is 5.82 Å². The molecule has 0 spiro atoms. The highest BCUT2D eigenvalue weighted by Crippen LogP contribution is 2.17. The Hall–Kier alpha value is -1.09. The van der Waals surface area contributed by atoms with Crippen molar-refractivity contribution in [3.8, 4) is 0 Å². The fourth-order valence-corrected chi connectivity index (χ4v) is 1.39. The first-order valence-corrected chi connectivity index (χ1v) is 4.09. The molecule has 1 aromatic carbocycles. The smallest absolute Gasteiger partial charge is 0.123 e. The minimum atomic E-state index is -0.167. The van der Waals surface area contributed by atoms with E-state index in [-0.39, 0.29) is 5.82 Å². The molecule has 2 rings (SSSR count). The van der Waals surface area contributed by atoms with Crippen molar-refractivity contribution in [3.05, 3.63) is 29.6 Å². The van der Waals surface area contributed by atoms with Gasteiger partial charge in [-0.05, 0) is 23.8 Å². The molecule has 2 nitrogen and oxygen atoms in total. The summed E-state index contributed by atoms with van der Waals surface area (Å²) in [6.07, 6.45) is 0. The second-order valence-corrected chi connectivity index (χ2v) is 2.91. The van der Waals surface area contributed by atoms with Gasteiger partial charge in [-0.15, -0.1) is 0 Å². The van der Waals surface area contributed by atoms with Gasteiger partial charge in [0.1, 0.15) is 5.82 Å². The lowest BCUT2D eigenvalue weighted by Crippen LogP contribution is -2.16. The van der Waals surface area contributed by atoms with Gasteiger partial charge in [-0.2, -0.15) is 0 Å². The predicted octanol–water partition coefficient (Wildman–Crippen LogP) is 1.34. The van der Waals surface area contributed by atoms with E-state index in [4.69, 9.17) is 0 Å². The lowest BCUT2D eigenvalue weighted by molar-refractivity contribution is 0.623. The molecular formula is C9H11FN2. The molecular weight excluding hydrogens is 155 g/mol. The van der Waals surface area contributed by atoms with Crippen molar-refractivity contribution in [3.63, 3.8) is 0 Å². The molecule has 1 heterocycles. The molecule has 0 atom stereocenters. The van der Waals surface area contributed by atoms with Crippen LogP contribution in [0.25, 0.3) is 0 Å². The molecule has 1 aliphatic rings. The van der Waals surface area contributed by atoms with E-state index < -0.39 is 0 Å². The summed E-state index contributed by atoms with van der Waals surface area (Å²) in [7, 11) is 0. The zero-order valence-electron chi connectivity index (χ0n) is 6.73. The molecule has 12 heavy (non-hydrogen) atoms. The molecule has 0 radical (unpaired) electrons. The average Bonchev–Trinajstić information content (AvgIpc) is 2.28. The number of nitrogens with one attached hydrogen (secondary N) is 2.